The number of likely N-dealkylation sites (N-methyl/N-ethyl adjacent to an activating group) is 1. The van der Waals surface area contributed by atoms with Gasteiger partial charge in [0.15, 0.2) is 5.84 Å². The molecule has 5 heteroatoms. The first-order valence-corrected chi connectivity index (χ1v) is 4.75. The van der Waals surface area contributed by atoms with E-state index in [9.17, 15) is 5.11 Å². The first-order valence-electron chi connectivity index (χ1n) is 4.75. The average molecular weight is 203 g/mol. The molecule has 0 aliphatic heterocycles. The highest BCUT2D eigenvalue weighted by atomic mass is 16.4. The molecule has 0 aromatic carbocycles. The molecule has 1 unspecified atom stereocenters. The summed E-state index contributed by atoms with van der Waals surface area (Å²) in [4.78, 5) is 1.94. The van der Waals surface area contributed by atoms with E-state index in [-0.39, 0.29) is 11.9 Å². The Labute approximate surface area is 85.2 Å². The number of rotatable bonds is 5. The van der Waals surface area contributed by atoms with Crippen LogP contribution in [-0.2, 0) is 0 Å². The minimum Gasteiger partial charge on any atom is -0.409 e. The zero-order chi connectivity index (χ0) is 11.4. The quantitative estimate of drug-likeness (QED) is 0.258. The van der Waals surface area contributed by atoms with Crippen LogP contribution in [0.25, 0.3) is 0 Å². The highest BCUT2D eigenvalue weighted by Crippen LogP contribution is 2.08. The molecule has 0 aliphatic rings. The van der Waals surface area contributed by atoms with E-state index < -0.39 is 5.60 Å². The van der Waals surface area contributed by atoms with Crippen molar-refractivity contribution < 1.29 is 10.3 Å². The first kappa shape index (κ1) is 13.2. The van der Waals surface area contributed by atoms with E-state index >= 15 is 0 Å². The number of hydrogen-bond acceptors (Lipinski definition) is 4. The van der Waals surface area contributed by atoms with E-state index in [0.29, 0.717) is 6.54 Å². The van der Waals surface area contributed by atoms with E-state index in [0.717, 1.165) is 6.54 Å². The van der Waals surface area contributed by atoms with Crippen LogP contribution in [0, 0.1) is 0 Å². The zero-order valence-corrected chi connectivity index (χ0v) is 9.36. The van der Waals surface area contributed by atoms with E-state index in [1.54, 1.807) is 13.8 Å². The molecule has 4 N–H and O–H groups in total. The minimum atomic E-state index is -0.778. The summed E-state index contributed by atoms with van der Waals surface area (Å²) in [5, 5.41) is 21.1. The average Bonchev–Trinajstić information content (AvgIpc) is 2.10. The maximum atomic E-state index is 9.64. The summed E-state index contributed by atoms with van der Waals surface area (Å²) in [6.45, 7) is 8.49. The lowest BCUT2D eigenvalue weighted by molar-refractivity contribution is 0.0331. The van der Waals surface area contributed by atoms with Gasteiger partial charge in [0.1, 0.15) is 0 Å². The van der Waals surface area contributed by atoms with Gasteiger partial charge < -0.3 is 16.0 Å². The molecule has 0 bridgehead atoms. The zero-order valence-electron chi connectivity index (χ0n) is 9.36. The lowest BCUT2D eigenvalue weighted by Crippen LogP contribution is -2.48. The fourth-order valence-corrected chi connectivity index (χ4v) is 1.29. The number of nitrogens with zero attached hydrogens (tertiary/aromatic N) is 2. The third-order valence-electron chi connectivity index (χ3n) is 2.09. The maximum Gasteiger partial charge on any atom is 0.156 e. The Balaban J connectivity index is 4.42. The van der Waals surface area contributed by atoms with E-state index in [1.807, 2.05) is 18.7 Å². The van der Waals surface area contributed by atoms with Crippen LogP contribution in [-0.4, -0.2) is 45.8 Å². The standard InChI is InChI=1S/C9H21N3O2/c1-5-12(6-9(3,4)13)7(2)8(10)11-14/h7,13-14H,5-6H2,1-4H3,(H2,10,11). The molecule has 0 saturated carbocycles. The lowest BCUT2D eigenvalue weighted by Gasteiger charge is -2.32. The van der Waals surface area contributed by atoms with E-state index in [2.05, 4.69) is 5.16 Å². The Kier molecular flexibility index (Phi) is 4.87. The van der Waals surface area contributed by atoms with Crippen molar-refractivity contribution in [3.8, 4) is 0 Å². The van der Waals surface area contributed by atoms with Gasteiger partial charge in [-0.05, 0) is 27.3 Å². The normalized spacial score (nSPS) is 16.0. The van der Waals surface area contributed by atoms with Crippen molar-refractivity contribution in [1.29, 1.82) is 0 Å². The second kappa shape index (κ2) is 5.17. The van der Waals surface area contributed by atoms with Crippen LogP contribution < -0.4 is 5.73 Å². The second-order valence-corrected chi connectivity index (χ2v) is 4.08. The lowest BCUT2D eigenvalue weighted by atomic mass is 10.1. The molecule has 0 fully saturated rings. The Hall–Kier alpha value is -0.810. The van der Waals surface area contributed by atoms with Crippen LogP contribution >= 0.6 is 0 Å². The van der Waals surface area contributed by atoms with Crippen LogP contribution in [0.15, 0.2) is 5.16 Å². The molecule has 0 saturated heterocycles. The van der Waals surface area contributed by atoms with Gasteiger partial charge in [-0.25, -0.2) is 0 Å². The molecule has 0 heterocycles. The molecular weight excluding hydrogens is 182 g/mol. The number of aliphatic hydroxyl groups is 1. The molecule has 1 atom stereocenters. The van der Waals surface area contributed by atoms with E-state index in [1.165, 1.54) is 0 Å². The summed E-state index contributed by atoms with van der Waals surface area (Å²) in [6, 6.07) is -0.170. The Morgan fingerprint density at radius 2 is 2.07 bits per heavy atom. The predicted molar refractivity (Wildman–Crippen MR) is 56.4 cm³/mol. The van der Waals surface area contributed by atoms with Gasteiger partial charge in [-0.15, -0.1) is 0 Å². The minimum absolute atomic E-state index is 0.163. The molecule has 0 radical (unpaired) electrons. The van der Waals surface area contributed by atoms with E-state index in [4.69, 9.17) is 10.9 Å². The third-order valence-corrected chi connectivity index (χ3v) is 2.09. The van der Waals surface area contributed by atoms with Gasteiger partial charge in [-0.3, -0.25) is 4.90 Å². The van der Waals surface area contributed by atoms with Crippen LogP contribution in [0.1, 0.15) is 27.7 Å². The SMILES string of the molecule is CCN(CC(C)(C)O)C(C)C(N)=NO. The van der Waals surface area contributed by atoms with Gasteiger partial charge in [0.05, 0.1) is 11.6 Å². The monoisotopic (exact) mass is 203 g/mol. The van der Waals surface area contributed by atoms with Gasteiger partial charge in [-0.1, -0.05) is 12.1 Å². The van der Waals surface area contributed by atoms with Crippen LogP contribution in [0.4, 0.5) is 0 Å². The van der Waals surface area contributed by atoms with Gasteiger partial charge in [0.2, 0.25) is 0 Å². The molecular formula is C9H21N3O2. The Morgan fingerprint density at radius 3 is 2.36 bits per heavy atom. The molecule has 84 valence electrons. The molecule has 0 aromatic heterocycles. The number of hydrogen-bond donors (Lipinski definition) is 3. The largest absolute Gasteiger partial charge is 0.409 e. The number of oxime groups is 1. The van der Waals surface area contributed by atoms with Crippen molar-refractivity contribution >= 4 is 5.84 Å². The smallest absolute Gasteiger partial charge is 0.156 e. The maximum absolute atomic E-state index is 9.64. The second-order valence-electron chi connectivity index (χ2n) is 4.08. The molecule has 0 amide bonds. The third kappa shape index (κ3) is 4.43. The van der Waals surface area contributed by atoms with Crippen LogP contribution in [0.5, 0.6) is 0 Å². The van der Waals surface area contributed by atoms with Crippen molar-refractivity contribution in [2.24, 2.45) is 10.9 Å². The van der Waals surface area contributed by atoms with Gasteiger partial charge in [0, 0.05) is 6.54 Å². The molecule has 0 rings (SSSR count). The van der Waals surface area contributed by atoms with Gasteiger partial charge in [-0.2, -0.15) is 0 Å². The highest BCUT2D eigenvalue weighted by Gasteiger charge is 2.23. The number of nitrogens with two attached hydrogens (primary N) is 1. The summed E-state index contributed by atoms with van der Waals surface area (Å²) in [5.74, 6) is 0.163. The van der Waals surface area contributed by atoms with Gasteiger partial charge in [0.25, 0.3) is 0 Å². The van der Waals surface area contributed by atoms with Crippen molar-refractivity contribution in [2.75, 3.05) is 13.1 Å². The first-order chi connectivity index (χ1) is 6.31. The van der Waals surface area contributed by atoms with Crippen molar-refractivity contribution in [1.82, 2.24) is 4.90 Å². The predicted octanol–water partition coefficient (Wildman–Crippen LogP) is 0.214. The van der Waals surface area contributed by atoms with Crippen LogP contribution in [0.2, 0.25) is 0 Å². The topological polar surface area (TPSA) is 82.1 Å². The fourth-order valence-electron chi connectivity index (χ4n) is 1.29. The molecule has 0 aliphatic carbocycles. The van der Waals surface area contributed by atoms with Gasteiger partial charge >= 0.3 is 0 Å². The summed E-state index contributed by atoms with van der Waals surface area (Å²) in [7, 11) is 0. The molecule has 0 spiro atoms. The summed E-state index contributed by atoms with van der Waals surface area (Å²) >= 11 is 0. The Bertz CT molecular complexity index is 199. The number of amidine groups is 1. The molecule has 5 nitrogen and oxygen atoms in total. The highest BCUT2D eigenvalue weighted by molar-refractivity contribution is 5.84. The van der Waals surface area contributed by atoms with Crippen molar-refractivity contribution in [3.63, 3.8) is 0 Å². The molecule has 14 heavy (non-hydrogen) atoms. The van der Waals surface area contributed by atoms with Crippen molar-refractivity contribution in [2.45, 2.75) is 39.3 Å². The Morgan fingerprint density at radius 1 is 1.57 bits per heavy atom. The summed E-state index contributed by atoms with van der Waals surface area (Å²) in [5.41, 5.74) is 4.71. The molecule has 0 aromatic rings. The summed E-state index contributed by atoms with van der Waals surface area (Å²) in [6.07, 6.45) is 0. The van der Waals surface area contributed by atoms with Crippen LogP contribution in [0.3, 0.4) is 0 Å². The van der Waals surface area contributed by atoms with Crippen molar-refractivity contribution in [3.05, 3.63) is 0 Å². The summed E-state index contributed by atoms with van der Waals surface area (Å²) < 4.78 is 0. The fraction of sp³-hybridized carbons (Fsp3) is 0.889.